The summed E-state index contributed by atoms with van der Waals surface area (Å²) in [6.45, 7) is 1.83. The van der Waals surface area contributed by atoms with Gasteiger partial charge in [-0.3, -0.25) is 0 Å². The van der Waals surface area contributed by atoms with E-state index in [0.29, 0.717) is 11.5 Å². The SMILES string of the molecule is Cc1cccc(F)c1-n1ccc(N)n1. The topological polar surface area (TPSA) is 43.8 Å². The number of para-hydroxylation sites is 1. The van der Waals surface area contributed by atoms with Gasteiger partial charge in [-0.15, -0.1) is 0 Å². The van der Waals surface area contributed by atoms with Gasteiger partial charge in [-0.25, -0.2) is 9.07 Å². The largest absolute Gasteiger partial charge is 0.382 e. The monoisotopic (exact) mass is 191 g/mol. The third-order valence-electron chi connectivity index (χ3n) is 2.03. The van der Waals surface area contributed by atoms with Crippen molar-refractivity contribution in [3.8, 4) is 5.69 Å². The molecule has 72 valence electrons. The molecular weight excluding hydrogens is 181 g/mol. The predicted molar refractivity (Wildman–Crippen MR) is 52.7 cm³/mol. The fraction of sp³-hybridized carbons (Fsp3) is 0.100. The Kier molecular flexibility index (Phi) is 1.96. The molecule has 1 heterocycles. The zero-order valence-corrected chi connectivity index (χ0v) is 7.74. The van der Waals surface area contributed by atoms with Crippen molar-refractivity contribution in [2.75, 3.05) is 5.73 Å². The van der Waals surface area contributed by atoms with Crippen LogP contribution in [0, 0.1) is 12.7 Å². The van der Waals surface area contributed by atoms with Crippen LogP contribution in [0.5, 0.6) is 0 Å². The summed E-state index contributed by atoms with van der Waals surface area (Å²) in [5.41, 5.74) is 6.74. The van der Waals surface area contributed by atoms with Crippen molar-refractivity contribution in [3.63, 3.8) is 0 Å². The van der Waals surface area contributed by atoms with Crippen molar-refractivity contribution in [3.05, 3.63) is 41.8 Å². The Morgan fingerprint density at radius 2 is 2.14 bits per heavy atom. The molecule has 1 aromatic carbocycles. The molecule has 2 aromatic rings. The Morgan fingerprint density at radius 1 is 1.36 bits per heavy atom. The molecule has 4 heteroatoms. The maximum absolute atomic E-state index is 13.4. The number of hydrogen-bond donors (Lipinski definition) is 1. The number of nitrogens with zero attached hydrogens (tertiary/aromatic N) is 2. The highest BCUT2D eigenvalue weighted by molar-refractivity contribution is 5.42. The normalized spacial score (nSPS) is 10.4. The minimum atomic E-state index is -0.298. The van der Waals surface area contributed by atoms with Crippen LogP contribution in [0.1, 0.15) is 5.56 Å². The van der Waals surface area contributed by atoms with Crippen LogP contribution >= 0.6 is 0 Å². The van der Waals surface area contributed by atoms with E-state index in [2.05, 4.69) is 5.10 Å². The van der Waals surface area contributed by atoms with E-state index in [1.807, 2.05) is 13.0 Å². The van der Waals surface area contributed by atoms with Crippen LogP contribution < -0.4 is 5.73 Å². The van der Waals surface area contributed by atoms with Gasteiger partial charge in [0.15, 0.2) is 0 Å². The molecule has 0 fully saturated rings. The van der Waals surface area contributed by atoms with Gasteiger partial charge in [0.05, 0.1) is 0 Å². The average molecular weight is 191 g/mol. The minimum Gasteiger partial charge on any atom is -0.382 e. The lowest BCUT2D eigenvalue weighted by Crippen LogP contribution is -2.01. The van der Waals surface area contributed by atoms with E-state index in [0.717, 1.165) is 5.56 Å². The smallest absolute Gasteiger partial charge is 0.149 e. The summed E-state index contributed by atoms with van der Waals surface area (Å²) in [6.07, 6.45) is 1.64. The number of hydrogen-bond acceptors (Lipinski definition) is 2. The number of nitrogens with two attached hydrogens (primary N) is 1. The second-order valence-electron chi connectivity index (χ2n) is 3.09. The second-order valence-corrected chi connectivity index (χ2v) is 3.09. The van der Waals surface area contributed by atoms with Gasteiger partial charge in [-0.05, 0) is 18.6 Å². The maximum atomic E-state index is 13.4. The van der Waals surface area contributed by atoms with Crippen LogP contribution in [0.3, 0.4) is 0 Å². The van der Waals surface area contributed by atoms with Crippen LogP contribution in [-0.2, 0) is 0 Å². The van der Waals surface area contributed by atoms with Gasteiger partial charge >= 0.3 is 0 Å². The molecule has 0 atom stereocenters. The van der Waals surface area contributed by atoms with E-state index >= 15 is 0 Å². The number of halogens is 1. The molecule has 14 heavy (non-hydrogen) atoms. The lowest BCUT2D eigenvalue weighted by Gasteiger charge is -2.06. The standard InChI is InChI=1S/C10H10FN3/c1-7-3-2-4-8(11)10(7)14-6-5-9(12)13-14/h2-6H,1H3,(H2,12,13). The molecule has 0 radical (unpaired) electrons. The summed E-state index contributed by atoms with van der Waals surface area (Å²) < 4.78 is 14.9. The molecule has 2 rings (SSSR count). The maximum Gasteiger partial charge on any atom is 0.149 e. The number of benzene rings is 1. The Labute approximate surface area is 81.0 Å². The Balaban J connectivity index is 2.61. The summed E-state index contributed by atoms with van der Waals surface area (Å²) in [7, 11) is 0. The number of nitrogen functional groups attached to an aromatic ring is 1. The number of aryl methyl sites for hydroxylation is 1. The molecule has 3 nitrogen and oxygen atoms in total. The fourth-order valence-electron chi connectivity index (χ4n) is 1.38. The summed E-state index contributed by atoms with van der Waals surface area (Å²) in [5.74, 6) is 0.0840. The van der Waals surface area contributed by atoms with Crippen molar-refractivity contribution in [1.29, 1.82) is 0 Å². The molecule has 0 spiro atoms. The van der Waals surface area contributed by atoms with Gasteiger partial charge in [-0.2, -0.15) is 5.10 Å². The van der Waals surface area contributed by atoms with Crippen molar-refractivity contribution in [2.45, 2.75) is 6.92 Å². The molecule has 0 aliphatic carbocycles. The molecule has 0 saturated carbocycles. The molecule has 0 bridgehead atoms. The summed E-state index contributed by atoms with van der Waals surface area (Å²) in [5, 5.41) is 3.96. The van der Waals surface area contributed by atoms with E-state index in [1.165, 1.54) is 10.7 Å². The van der Waals surface area contributed by atoms with E-state index in [1.54, 1.807) is 18.3 Å². The average Bonchev–Trinajstić information content (AvgIpc) is 2.51. The molecule has 0 aliphatic heterocycles. The highest BCUT2D eigenvalue weighted by Crippen LogP contribution is 2.17. The minimum absolute atomic E-state index is 0.298. The summed E-state index contributed by atoms with van der Waals surface area (Å²) in [4.78, 5) is 0. The first-order chi connectivity index (χ1) is 6.68. The van der Waals surface area contributed by atoms with Gasteiger partial charge in [0.1, 0.15) is 17.3 Å². The zero-order valence-electron chi connectivity index (χ0n) is 7.74. The van der Waals surface area contributed by atoms with Crippen LogP contribution in [0.25, 0.3) is 5.69 Å². The molecule has 0 saturated heterocycles. The van der Waals surface area contributed by atoms with E-state index < -0.39 is 0 Å². The van der Waals surface area contributed by atoms with Gasteiger partial charge in [-0.1, -0.05) is 12.1 Å². The zero-order chi connectivity index (χ0) is 10.1. The lowest BCUT2D eigenvalue weighted by molar-refractivity contribution is 0.609. The lowest BCUT2D eigenvalue weighted by atomic mass is 10.2. The molecule has 1 aromatic heterocycles. The van der Waals surface area contributed by atoms with E-state index in [-0.39, 0.29) is 5.82 Å². The Hall–Kier alpha value is -1.84. The van der Waals surface area contributed by atoms with Crippen LogP contribution in [0.15, 0.2) is 30.5 Å². The third-order valence-corrected chi connectivity index (χ3v) is 2.03. The summed E-state index contributed by atoms with van der Waals surface area (Å²) >= 11 is 0. The first-order valence-corrected chi connectivity index (χ1v) is 4.25. The number of anilines is 1. The second kappa shape index (κ2) is 3.14. The molecule has 2 N–H and O–H groups in total. The van der Waals surface area contributed by atoms with E-state index in [9.17, 15) is 4.39 Å². The highest BCUT2D eigenvalue weighted by Gasteiger charge is 2.07. The van der Waals surface area contributed by atoms with Crippen LogP contribution in [-0.4, -0.2) is 9.78 Å². The predicted octanol–water partition coefficient (Wildman–Crippen LogP) is 1.90. The van der Waals surface area contributed by atoms with Gasteiger partial charge < -0.3 is 5.73 Å². The first-order valence-electron chi connectivity index (χ1n) is 4.25. The van der Waals surface area contributed by atoms with Gasteiger partial charge in [0.25, 0.3) is 0 Å². The van der Waals surface area contributed by atoms with Crippen LogP contribution in [0.4, 0.5) is 10.2 Å². The first kappa shape index (κ1) is 8.74. The molecule has 0 aliphatic rings. The van der Waals surface area contributed by atoms with Crippen molar-refractivity contribution >= 4 is 5.82 Å². The van der Waals surface area contributed by atoms with Crippen molar-refractivity contribution in [1.82, 2.24) is 9.78 Å². The molecule has 0 unspecified atom stereocenters. The van der Waals surface area contributed by atoms with Crippen molar-refractivity contribution < 1.29 is 4.39 Å². The highest BCUT2D eigenvalue weighted by atomic mass is 19.1. The van der Waals surface area contributed by atoms with Crippen molar-refractivity contribution in [2.24, 2.45) is 0 Å². The van der Waals surface area contributed by atoms with E-state index in [4.69, 9.17) is 5.73 Å². The third kappa shape index (κ3) is 1.35. The molecule has 0 amide bonds. The Bertz CT molecular complexity index is 442. The van der Waals surface area contributed by atoms with Gasteiger partial charge in [0, 0.05) is 12.3 Å². The summed E-state index contributed by atoms with van der Waals surface area (Å²) in [6, 6.07) is 6.53. The van der Waals surface area contributed by atoms with Gasteiger partial charge in [0.2, 0.25) is 0 Å². The quantitative estimate of drug-likeness (QED) is 0.748. The van der Waals surface area contributed by atoms with Crippen LogP contribution in [0.2, 0.25) is 0 Å². The number of rotatable bonds is 1. The Morgan fingerprint density at radius 3 is 2.71 bits per heavy atom. The fourth-order valence-corrected chi connectivity index (χ4v) is 1.38. The molecular formula is C10H10FN3. The number of aromatic nitrogens is 2.